The van der Waals surface area contributed by atoms with E-state index in [1.54, 1.807) is 28.4 Å². The number of nitrogens with zero attached hydrogens (tertiary/aromatic N) is 2. The first kappa shape index (κ1) is 23.9. The SMILES string of the molecule is CN=C(NCc1ccc(OC)c(OC)c1)NC1CCN(c2ccccc2OC)C1.I. The van der Waals surface area contributed by atoms with Crippen LogP contribution in [0.15, 0.2) is 47.5 Å². The van der Waals surface area contributed by atoms with Gasteiger partial charge >= 0.3 is 0 Å². The Hall–Kier alpha value is -2.36. The minimum atomic E-state index is 0. The molecule has 1 saturated heterocycles. The summed E-state index contributed by atoms with van der Waals surface area (Å²) in [5.41, 5.74) is 2.22. The third kappa shape index (κ3) is 5.84. The van der Waals surface area contributed by atoms with Crippen LogP contribution in [0.1, 0.15) is 12.0 Å². The van der Waals surface area contributed by atoms with Gasteiger partial charge in [-0.05, 0) is 36.2 Å². The van der Waals surface area contributed by atoms with Gasteiger partial charge in [-0.3, -0.25) is 4.99 Å². The van der Waals surface area contributed by atoms with Crippen molar-refractivity contribution in [2.24, 2.45) is 4.99 Å². The standard InChI is InChI=1S/C22H30N4O3.HI/c1-23-22(24-14-16-9-10-20(28-3)21(13-16)29-4)25-17-11-12-26(15-17)18-7-5-6-8-19(18)27-2;/h5-10,13,17H,11-12,14-15H2,1-4H3,(H2,23,24,25);1H. The Kier molecular flexibility index (Phi) is 9.35. The molecular weight excluding hydrogens is 495 g/mol. The van der Waals surface area contributed by atoms with E-state index in [9.17, 15) is 0 Å². The Bertz CT molecular complexity index is 847. The number of para-hydroxylation sites is 2. The molecule has 1 aliphatic rings. The fraction of sp³-hybridized carbons (Fsp3) is 0.409. The Morgan fingerprint density at radius 3 is 2.47 bits per heavy atom. The molecule has 2 aromatic rings. The number of methoxy groups -OCH3 is 3. The summed E-state index contributed by atoms with van der Waals surface area (Å²) < 4.78 is 16.2. The molecule has 1 fully saturated rings. The monoisotopic (exact) mass is 526 g/mol. The Morgan fingerprint density at radius 1 is 1.03 bits per heavy atom. The summed E-state index contributed by atoms with van der Waals surface area (Å²) in [4.78, 5) is 6.72. The molecule has 0 radical (unpaired) electrons. The highest BCUT2D eigenvalue weighted by molar-refractivity contribution is 14.0. The largest absolute Gasteiger partial charge is 0.495 e. The van der Waals surface area contributed by atoms with E-state index in [0.717, 1.165) is 54.0 Å². The van der Waals surface area contributed by atoms with Crippen molar-refractivity contribution >= 4 is 35.6 Å². The molecule has 1 aliphatic heterocycles. The first-order valence-electron chi connectivity index (χ1n) is 9.74. The number of ether oxygens (including phenoxy) is 3. The Labute approximate surface area is 195 Å². The lowest BCUT2D eigenvalue weighted by Gasteiger charge is -2.22. The minimum absolute atomic E-state index is 0. The zero-order chi connectivity index (χ0) is 20.6. The zero-order valence-electron chi connectivity index (χ0n) is 18.0. The topological polar surface area (TPSA) is 67.4 Å². The predicted octanol–water partition coefficient (Wildman–Crippen LogP) is 3.27. The van der Waals surface area contributed by atoms with E-state index < -0.39 is 0 Å². The Morgan fingerprint density at radius 2 is 1.77 bits per heavy atom. The summed E-state index contributed by atoms with van der Waals surface area (Å²) in [5, 5.41) is 6.90. The van der Waals surface area contributed by atoms with Crippen LogP contribution in [0.25, 0.3) is 0 Å². The van der Waals surface area contributed by atoms with Crippen LogP contribution >= 0.6 is 24.0 Å². The molecule has 1 heterocycles. The molecule has 0 aromatic heterocycles. The van der Waals surface area contributed by atoms with Gasteiger partial charge in [0.15, 0.2) is 17.5 Å². The second-order valence-corrected chi connectivity index (χ2v) is 6.86. The van der Waals surface area contributed by atoms with Crippen LogP contribution < -0.4 is 29.7 Å². The van der Waals surface area contributed by atoms with Crippen molar-refractivity contribution < 1.29 is 14.2 Å². The van der Waals surface area contributed by atoms with Crippen molar-refractivity contribution in [1.29, 1.82) is 0 Å². The molecule has 7 nitrogen and oxygen atoms in total. The molecule has 0 bridgehead atoms. The third-order valence-corrected chi connectivity index (χ3v) is 5.09. The number of hydrogen-bond acceptors (Lipinski definition) is 5. The zero-order valence-corrected chi connectivity index (χ0v) is 20.3. The second-order valence-electron chi connectivity index (χ2n) is 6.86. The van der Waals surface area contributed by atoms with Gasteiger partial charge < -0.3 is 29.7 Å². The van der Waals surface area contributed by atoms with Crippen LogP contribution in [-0.4, -0.2) is 53.5 Å². The van der Waals surface area contributed by atoms with Crippen molar-refractivity contribution in [3.63, 3.8) is 0 Å². The van der Waals surface area contributed by atoms with Crippen molar-refractivity contribution in [3.05, 3.63) is 48.0 Å². The minimum Gasteiger partial charge on any atom is -0.495 e. The van der Waals surface area contributed by atoms with Gasteiger partial charge in [-0.25, -0.2) is 0 Å². The van der Waals surface area contributed by atoms with E-state index in [1.165, 1.54) is 0 Å². The normalized spacial score (nSPS) is 15.9. The molecule has 164 valence electrons. The highest BCUT2D eigenvalue weighted by atomic mass is 127. The summed E-state index contributed by atoms with van der Waals surface area (Å²) in [6, 6.07) is 14.4. The number of hydrogen-bond donors (Lipinski definition) is 2. The lowest BCUT2D eigenvalue weighted by Crippen LogP contribution is -2.44. The number of benzene rings is 2. The lowest BCUT2D eigenvalue weighted by molar-refractivity contribution is 0.354. The summed E-state index contributed by atoms with van der Waals surface area (Å²) >= 11 is 0. The third-order valence-electron chi connectivity index (χ3n) is 5.09. The Balaban J connectivity index is 0.00000320. The van der Waals surface area contributed by atoms with Gasteiger partial charge in [0.05, 0.1) is 27.0 Å². The van der Waals surface area contributed by atoms with Gasteiger partial charge in [0.25, 0.3) is 0 Å². The van der Waals surface area contributed by atoms with Crippen LogP contribution in [0.3, 0.4) is 0 Å². The maximum Gasteiger partial charge on any atom is 0.191 e. The van der Waals surface area contributed by atoms with Gasteiger partial charge in [-0.1, -0.05) is 18.2 Å². The molecule has 2 aromatic carbocycles. The van der Waals surface area contributed by atoms with Gasteiger partial charge in [0.2, 0.25) is 0 Å². The fourth-order valence-electron chi connectivity index (χ4n) is 3.55. The van der Waals surface area contributed by atoms with Gasteiger partial charge in [0.1, 0.15) is 5.75 Å². The van der Waals surface area contributed by atoms with Gasteiger partial charge in [0, 0.05) is 32.7 Å². The highest BCUT2D eigenvalue weighted by Crippen LogP contribution is 2.30. The molecule has 0 spiro atoms. The summed E-state index contributed by atoms with van der Waals surface area (Å²) in [5.74, 6) is 3.13. The van der Waals surface area contributed by atoms with Crippen LogP contribution in [0.5, 0.6) is 17.2 Å². The first-order valence-corrected chi connectivity index (χ1v) is 9.74. The number of rotatable bonds is 7. The number of nitrogens with one attached hydrogen (secondary N) is 2. The first-order chi connectivity index (χ1) is 14.2. The molecule has 30 heavy (non-hydrogen) atoms. The molecular formula is C22H31IN4O3. The maximum atomic E-state index is 5.50. The van der Waals surface area contributed by atoms with E-state index >= 15 is 0 Å². The number of halogens is 1. The number of aliphatic imine (C=N–C) groups is 1. The van der Waals surface area contributed by atoms with E-state index in [2.05, 4.69) is 26.6 Å². The van der Waals surface area contributed by atoms with E-state index in [4.69, 9.17) is 14.2 Å². The number of guanidine groups is 1. The van der Waals surface area contributed by atoms with Crippen molar-refractivity contribution in [2.45, 2.75) is 19.0 Å². The quantitative estimate of drug-likeness (QED) is 0.328. The van der Waals surface area contributed by atoms with Gasteiger partial charge in [-0.2, -0.15) is 0 Å². The van der Waals surface area contributed by atoms with Crippen LogP contribution in [0.2, 0.25) is 0 Å². The van der Waals surface area contributed by atoms with E-state index in [0.29, 0.717) is 12.6 Å². The summed E-state index contributed by atoms with van der Waals surface area (Å²) in [6.45, 7) is 2.52. The van der Waals surface area contributed by atoms with Gasteiger partial charge in [-0.15, -0.1) is 24.0 Å². The number of anilines is 1. The van der Waals surface area contributed by atoms with E-state index in [1.807, 2.05) is 36.4 Å². The molecule has 1 unspecified atom stereocenters. The molecule has 0 amide bonds. The predicted molar refractivity (Wildman–Crippen MR) is 132 cm³/mol. The van der Waals surface area contributed by atoms with Crippen molar-refractivity contribution in [2.75, 3.05) is 46.4 Å². The van der Waals surface area contributed by atoms with Crippen LogP contribution in [0.4, 0.5) is 5.69 Å². The van der Waals surface area contributed by atoms with Crippen molar-refractivity contribution in [1.82, 2.24) is 10.6 Å². The molecule has 1 atom stereocenters. The molecule has 0 saturated carbocycles. The molecule has 0 aliphatic carbocycles. The maximum absolute atomic E-state index is 5.50. The summed E-state index contributed by atoms with van der Waals surface area (Å²) in [7, 11) is 6.78. The smallest absolute Gasteiger partial charge is 0.191 e. The highest BCUT2D eigenvalue weighted by Gasteiger charge is 2.25. The molecule has 8 heteroatoms. The van der Waals surface area contributed by atoms with Crippen molar-refractivity contribution in [3.8, 4) is 17.2 Å². The average Bonchev–Trinajstić information content (AvgIpc) is 3.24. The average molecular weight is 526 g/mol. The van der Waals surface area contributed by atoms with Crippen LogP contribution in [0, 0.1) is 0 Å². The summed E-state index contributed by atoms with van der Waals surface area (Å²) in [6.07, 6.45) is 1.04. The molecule has 3 rings (SSSR count). The second kappa shape index (κ2) is 11.7. The fourth-order valence-corrected chi connectivity index (χ4v) is 3.55. The lowest BCUT2D eigenvalue weighted by atomic mass is 10.2. The van der Waals surface area contributed by atoms with Crippen LogP contribution in [-0.2, 0) is 6.54 Å². The molecule has 2 N–H and O–H groups in total. The van der Waals surface area contributed by atoms with E-state index in [-0.39, 0.29) is 24.0 Å².